The van der Waals surface area contributed by atoms with E-state index in [1.54, 1.807) is 11.3 Å². The van der Waals surface area contributed by atoms with Gasteiger partial charge in [-0.15, -0.1) is 11.3 Å². The Bertz CT molecular complexity index is 976. The van der Waals surface area contributed by atoms with E-state index in [0.717, 1.165) is 46.9 Å². The molecule has 1 aliphatic carbocycles. The lowest BCUT2D eigenvalue weighted by Crippen LogP contribution is -2.08. The molecule has 7 heteroatoms. The first-order valence-corrected chi connectivity index (χ1v) is 10.7. The van der Waals surface area contributed by atoms with Gasteiger partial charge in [0.25, 0.3) is 0 Å². The minimum absolute atomic E-state index is 0.370. The van der Waals surface area contributed by atoms with Gasteiger partial charge in [-0.25, -0.2) is 4.98 Å². The van der Waals surface area contributed by atoms with Crippen LogP contribution in [-0.4, -0.2) is 26.5 Å². The van der Waals surface area contributed by atoms with Crippen LogP contribution < -0.4 is 4.74 Å². The van der Waals surface area contributed by atoms with Gasteiger partial charge in [0.15, 0.2) is 0 Å². The van der Waals surface area contributed by atoms with Gasteiger partial charge in [0.2, 0.25) is 0 Å². The number of ether oxygens (including phenoxy) is 1. The number of pyridine rings is 1. The molecule has 4 rings (SSSR count). The summed E-state index contributed by atoms with van der Waals surface area (Å²) in [6.45, 7) is 6.65. The highest BCUT2D eigenvalue weighted by atomic mass is 35.5. The van der Waals surface area contributed by atoms with Gasteiger partial charge in [-0.2, -0.15) is 9.97 Å². The van der Waals surface area contributed by atoms with Gasteiger partial charge in [-0.3, -0.25) is 4.98 Å². The van der Waals surface area contributed by atoms with Crippen molar-refractivity contribution in [2.75, 3.05) is 6.61 Å². The van der Waals surface area contributed by atoms with Crippen LogP contribution in [0.15, 0.2) is 24.4 Å². The molecule has 2 atom stereocenters. The number of hydrogen-bond acceptors (Lipinski definition) is 6. The maximum atomic E-state index is 6.34. The molecule has 0 bridgehead atoms. The number of hydrogen-bond donors (Lipinski definition) is 0. The van der Waals surface area contributed by atoms with Crippen molar-refractivity contribution in [1.82, 2.24) is 19.9 Å². The summed E-state index contributed by atoms with van der Waals surface area (Å²) in [6, 6.07) is 6.41. The van der Waals surface area contributed by atoms with Crippen molar-refractivity contribution in [1.29, 1.82) is 0 Å². The van der Waals surface area contributed by atoms with Gasteiger partial charge >= 0.3 is 6.01 Å². The lowest BCUT2D eigenvalue weighted by Gasteiger charge is -2.10. The van der Waals surface area contributed by atoms with Gasteiger partial charge in [0.1, 0.15) is 5.15 Å². The summed E-state index contributed by atoms with van der Waals surface area (Å²) >= 11 is 8.08. The Morgan fingerprint density at radius 1 is 1.14 bits per heavy atom. The average Bonchev–Trinajstić information content (AvgIpc) is 3.39. The van der Waals surface area contributed by atoms with Crippen molar-refractivity contribution in [3.8, 4) is 6.01 Å². The van der Waals surface area contributed by atoms with Crippen LogP contribution in [0.2, 0.25) is 5.15 Å². The molecule has 0 unspecified atom stereocenters. The van der Waals surface area contributed by atoms with Crippen LogP contribution in [-0.2, 0) is 12.8 Å². The SMILES string of the molecule is Cc1nc(C)c(CCc2nc(OC[C@@H]3C[C@H]3c3ccccn3)nc(Cl)c2C)s1. The van der Waals surface area contributed by atoms with E-state index in [-0.39, 0.29) is 0 Å². The second-order valence-electron chi connectivity index (χ2n) is 7.28. The Balaban J connectivity index is 1.39. The molecular weight excluding hydrogens is 392 g/mol. The third kappa shape index (κ3) is 4.33. The van der Waals surface area contributed by atoms with Crippen molar-refractivity contribution in [3.05, 3.63) is 62.1 Å². The minimum Gasteiger partial charge on any atom is -0.463 e. The largest absolute Gasteiger partial charge is 0.463 e. The summed E-state index contributed by atoms with van der Waals surface area (Å²) in [5.74, 6) is 0.934. The molecule has 0 N–H and O–H groups in total. The van der Waals surface area contributed by atoms with Gasteiger partial charge in [0, 0.05) is 34.2 Å². The van der Waals surface area contributed by atoms with E-state index in [2.05, 4.69) is 32.9 Å². The third-order valence-corrected chi connectivity index (χ3v) is 6.67. The summed E-state index contributed by atoms with van der Waals surface area (Å²) in [4.78, 5) is 19.2. The van der Waals surface area contributed by atoms with Crippen LogP contribution in [0, 0.1) is 26.7 Å². The summed E-state index contributed by atoms with van der Waals surface area (Å²) in [7, 11) is 0. The highest BCUT2D eigenvalue weighted by Gasteiger charge is 2.40. The molecule has 3 heterocycles. The summed E-state index contributed by atoms with van der Waals surface area (Å²) < 4.78 is 5.89. The zero-order valence-electron chi connectivity index (χ0n) is 16.3. The van der Waals surface area contributed by atoms with Crippen LogP contribution in [0.4, 0.5) is 0 Å². The monoisotopic (exact) mass is 414 g/mol. The van der Waals surface area contributed by atoms with E-state index in [4.69, 9.17) is 16.3 Å². The molecule has 1 aliphatic rings. The van der Waals surface area contributed by atoms with Crippen molar-refractivity contribution in [3.63, 3.8) is 0 Å². The van der Waals surface area contributed by atoms with E-state index in [0.29, 0.717) is 29.6 Å². The fourth-order valence-corrected chi connectivity index (χ4v) is 4.55. The zero-order chi connectivity index (χ0) is 19.7. The van der Waals surface area contributed by atoms with Gasteiger partial charge < -0.3 is 4.74 Å². The number of aryl methyl sites for hydroxylation is 4. The lowest BCUT2D eigenvalue weighted by molar-refractivity contribution is 0.272. The Morgan fingerprint density at radius 2 is 2.00 bits per heavy atom. The van der Waals surface area contributed by atoms with Crippen LogP contribution in [0.5, 0.6) is 6.01 Å². The maximum Gasteiger partial charge on any atom is 0.318 e. The molecule has 0 aromatic carbocycles. The van der Waals surface area contributed by atoms with Gasteiger partial charge in [0.05, 0.1) is 23.0 Å². The van der Waals surface area contributed by atoms with Crippen molar-refractivity contribution < 1.29 is 4.74 Å². The fraction of sp³-hybridized carbons (Fsp3) is 0.429. The summed E-state index contributed by atoms with van der Waals surface area (Å²) in [5, 5.41) is 1.56. The van der Waals surface area contributed by atoms with E-state index >= 15 is 0 Å². The predicted octanol–water partition coefficient (Wildman–Crippen LogP) is 4.87. The number of nitrogens with zero attached hydrogens (tertiary/aromatic N) is 4. The summed E-state index contributed by atoms with van der Waals surface area (Å²) in [5.41, 5.74) is 4.10. The van der Waals surface area contributed by atoms with E-state index in [9.17, 15) is 0 Å². The summed E-state index contributed by atoms with van der Waals surface area (Å²) in [6.07, 6.45) is 4.63. The quantitative estimate of drug-likeness (QED) is 0.516. The maximum absolute atomic E-state index is 6.34. The number of thiazole rings is 1. The minimum atomic E-state index is 0.370. The topological polar surface area (TPSA) is 60.8 Å². The standard InChI is InChI=1S/C21H23ClN4OS/c1-12-17(7-8-19-13(2)24-14(3)28-19)25-21(26-20(12)22)27-11-15-10-16(15)18-6-4-5-9-23-18/h4-6,9,15-16H,7-8,10-11H2,1-3H3/t15-,16+/m0/s1. The van der Waals surface area contributed by atoms with Crippen molar-refractivity contribution >= 4 is 22.9 Å². The highest BCUT2D eigenvalue weighted by Crippen LogP contribution is 2.46. The lowest BCUT2D eigenvalue weighted by atomic mass is 10.1. The molecule has 3 aromatic rings. The smallest absolute Gasteiger partial charge is 0.318 e. The number of halogens is 1. The molecule has 1 saturated carbocycles. The third-order valence-electron chi connectivity index (χ3n) is 5.17. The molecule has 1 fully saturated rings. The van der Waals surface area contributed by atoms with Crippen LogP contribution in [0.25, 0.3) is 0 Å². The molecule has 0 aliphatic heterocycles. The molecular formula is C21H23ClN4OS. The molecule has 0 saturated heterocycles. The number of aromatic nitrogens is 4. The van der Waals surface area contributed by atoms with Gasteiger partial charge in [-0.1, -0.05) is 17.7 Å². The van der Waals surface area contributed by atoms with E-state index in [1.165, 1.54) is 4.88 Å². The van der Waals surface area contributed by atoms with Crippen LogP contribution in [0.1, 0.15) is 44.9 Å². The fourth-order valence-electron chi connectivity index (χ4n) is 3.43. The van der Waals surface area contributed by atoms with Gasteiger partial charge in [-0.05, 0) is 52.2 Å². The molecule has 5 nitrogen and oxygen atoms in total. The molecule has 3 aromatic heterocycles. The second kappa shape index (κ2) is 8.13. The van der Waals surface area contributed by atoms with Crippen LogP contribution in [0.3, 0.4) is 0 Å². The number of rotatable bonds is 7. The molecule has 28 heavy (non-hydrogen) atoms. The Labute approximate surface area is 174 Å². The zero-order valence-corrected chi connectivity index (χ0v) is 17.8. The van der Waals surface area contributed by atoms with Crippen molar-refractivity contribution in [2.24, 2.45) is 5.92 Å². The molecule has 0 radical (unpaired) electrons. The Morgan fingerprint density at radius 3 is 2.71 bits per heavy atom. The Hall–Kier alpha value is -2.05. The molecule has 146 valence electrons. The van der Waals surface area contributed by atoms with Crippen molar-refractivity contribution in [2.45, 2.75) is 46.0 Å². The normalized spacial score (nSPS) is 18.3. The first-order valence-electron chi connectivity index (χ1n) is 9.51. The van der Waals surface area contributed by atoms with E-state index < -0.39 is 0 Å². The first-order chi connectivity index (χ1) is 13.5. The second-order valence-corrected chi connectivity index (χ2v) is 8.92. The highest BCUT2D eigenvalue weighted by molar-refractivity contribution is 7.11. The Kier molecular flexibility index (Phi) is 5.60. The predicted molar refractivity (Wildman–Crippen MR) is 111 cm³/mol. The first kappa shape index (κ1) is 19.3. The van der Waals surface area contributed by atoms with Crippen LogP contribution >= 0.6 is 22.9 Å². The van der Waals surface area contributed by atoms with E-state index in [1.807, 2.05) is 32.2 Å². The molecule has 0 spiro atoms. The molecule has 0 amide bonds. The average molecular weight is 415 g/mol.